The molecular weight excluding hydrogens is 170 g/mol. The Morgan fingerprint density at radius 1 is 1.31 bits per heavy atom. The zero-order valence-electron chi connectivity index (χ0n) is 7.47. The van der Waals surface area contributed by atoms with Gasteiger partial charge in [-0.25, -0.2) is 0 Å². The molecule has 1 rings (SSSR count). The highest BCUT2D eigenvalue weighted by molar-refractivity contribution is 5.54. The molecule has 0 radical (unpaired) electrons. The van der Waals surface area contributed by atoms with Crippen molar-refractivity contribution in [3.05, 3.63) is 24.3 Å². The van der Waals surface area contributed by atoms with Crippen molar-refractivity contribution in [2.45, 2.75) is 13.3 Å². The largest absolute Gasteiger partial charge is 0.491 e. The first-order chi connectivity index (χ1) is 6.25. The monoisotopic (exact) mass is 183 g/mol. The van der Waals surface area contributed by atoms with E-state index in [2.05, 4.69) is 0 Å². The maximum atomic E-state index is 8.81. The van der Waals surface area contributed by atoms with Crippen molar-refractivity contribution >= 4 is 5.69 Å². The van der Waals surface area contributed by atoms with Crippen LogP contribution in [0, 0.1) is 0 Å². The van der Waals surface area contributed by atoms with Crippen LogP contribution in [0.2, 0.25) is 0 Å². The molecule has 0 saturated carbocycles. The second-order valence-electron chi connectivity index (χ2n) is 2.61. The SMILES string of the molecule is CCCOc1ccccc1N(O)O. The summed E-state index contributed by atoms with van der Waals surface area (Å²) in [4.78, 5) is 0. The lowest BCUT2D eigenvalue weighted by atomic mass is 10.3. The number of nitrogens with zero attached hydrogens (tertiary/aromatic N) is 1. The van der Waals surface area contributed by atoms with Crippen LogP contribution in [0.1, 0.15) is 13.3 Å². The Morgan fingerprint density at radius 2 is 2.00 bits per heavy atom. The van der Waals surface area contributed by atoms with Crippen LogP contribution in [0.4, 0.5) is 5.69 Å². The average Bonchev–Trinajstić information content (AvgIpc) is 2.15. The van der Waals surface area contributed by atoms with E-state index in [0.717, 1.165) is 6.42 Å². The molecule has 4 heteroatoms. The van der Waals surface area contributed by atoms with Crippen molar-refractivity contribution in [2.24, 2.45) is 0 Å². The molecule has 0 aliphatic heterocycles. The smallest absolute Gasteiger partial charge is 0.147 e. The molecule has 0 heterocycles. The van der Waals surface area contributed by atoms with Gasteiger partial charge in [-0.2, -0.15) is 0 Å². The summed E-state index contributed by atoms with van der Waals surface area (Å²) < 4.78 is 5.29. The zero-order chi connectivity index (χ0) is 9.68. The summed E-state index contributed by atoms with van der Waals surface area (Å²) in [6.07, 6.45) is 0.880. The van der Waals surface area contributed by atoms with Gasteiger partial charge in [0.2, 0.25) is 0 Å². The highest BCUT2D eigenvalue weighted by atomic mass is 16.8. The molecule has 4 nitrogen and oxygen atoms in total. The molecule has 1 aromatic rings. The minimum atomic E-state index is 0.0605. The number of benzene rings is 1. The molecule has 0 amide bonds. The zero-order valence-corrected chi connectivity index (χ0v) is 7.47. The van der Waals surface area contributed by atoms with Gasteiger partial charge in [-0.15, -0.1) is 5.23 Å². The summed E-state index contributed by atoms with van der Waals surface area (Å²) in [6.45, 7) is 2.54. The average molecular weight is 183 g/mol. The van der Waals surface area contributed by atoms with Gasteiger partial charge in [0.15, 0.2) is 0 Å². The van der Waals surface area contributed by atoms with Crippen LogP contribution < -0.4 is 9.96 Å². The summed E-state index contributed by atoms with van der Waals surface area (Å²) in [7, 11) is 0. The van der Waals surface area contributed by atoms with Crippen LogP contribution in [0.25, 0.3) is 0 Å². The van der Waals surface area contributed by atoms with Crippen LogP contribution in [0.15, 0.2) is 24.3 Å². The third-order valence-electron chi connectivity index (χ3n) is 1.54. The van der Waals surface area contributed by atoms with Crippen LogP contribution in [-0.2, 0) is 0 Å². The summed E-state index contributed by atoms with van der Waals surface area (Å²) >= 11 is 0. The van der Waals surface area contributed by atoms with Gasteiger partial charge in [-0.3, -0.25) is 10.4 Å². The number of hydrogen-bond donors (Lipinski definition) is 2. The molecule has 0 aliphatic carbocycles. The highest BCUT2D eigenvalue weighted by Crippen LogP contribution is 2.25. The number of hydrogen-bond acceptors (Lipinski definition) is 4. The number of ether oxygens (including phenoxy) is 1. The van der Waals surface area contributed by atoms with E-state index in [1.807, 2.05) is 6.92 Å². The second kappa shape index (κ2) is 4.69. The Labute approximate surface area is 76.9 Å². The van der Waals surface area contributed by atoms with Crippen molar-refractivity contribution in [1.82, 2.24) is 0 Å². The summed E-state index contributed by atoms with van der Waals surface area (Å²) in [5.41, 5.74) is 0.246. The van der Waals surface area contributed by atoms with E-state index in [1.54, 1.807) is 24.3 Å². The van der Waals surface area contributed by atoms with Crippen LogP contribution in [-0.4, -0.2) is 17.0 Å². The molecule has 72 valence electrons. The number of anilines is 1. The third kappa shape index (κ3) is 2.61. The van der Waals surface area contributed by atoms with Gasteiger partial charge in [0.25, 0.3) is 0 Å². The first-order valence-corrected chi connectivity index (χ1v) is 4.15. The quantitative estimate of drug-likeness (QED) is 0.701. The van der Waals surface area contributed by atoms with E-state index in [1.165, 1.54) is 0 Å². The summed E-state index contributed by atoms with van der Waals surface area (Å²) in [5, 5.41) is 17.7. The molecule has 0 spiro atoms. The lowest BCUT2D eigenvalue weighted by Gasteiger charge is -2.13. The first kappa shape index (κ1) is 9.83. The predicted molar refractivity (Wildman–Crippen MR) is 48.3 cm³/mol. The molecule has 13 heavy (non-hydrogen) atoms. The van der Waals surface area contributed by atoms with Crippen LogP contribution in [0.5, 0.6) is 5.75 Å². The van der Waals surface area contributed by atoms with Crippen molar-refractivity contribution in [3.63, 3.8) is 0 Å². The van der Waals surface area contributed by atoms with Gasteiger partial charge in [0.1, 0.15) is 11.4 Å². The van der Waals surface area contributed by atoms with Crippen molar-refractivity contribution < 1.29 is 15.2 Å². The van der Waals surface area contributed by atoms with Gasteiger partial charge in [0, 0.05) is 0 Å². The Morgan fingerprint density at radius 3 is 2.62 bits per heavy atom. The van der Waals surface area contributed by atoms with E-state index >= 15 is 0 Å². The topological polar surface area (TPSA) is 52.9 Å². The highest BCUT2D eigenvalue weighted by Gasteiger charge is 2.06. The molecule has 0 unspecified atom stereocenters. The maximum Gasteiger partial charge on any atom is 0.147 e. The molecule has 1 aromatic carbocycles. The molecule has 0 aliphatic rings. The van der Waals surface area contributed by atoms with E-state index in [9.17, 15) is 0 Å². The summed E-state index contributed by atoms with van der Waals surface area (Å²) in [5.74, 6) is 0.467. The van der Waals surface area contributed by atoms with Crippen molar-refractivity contribution in [2.75, 3.05) is 11.8 Å². The Kier molecular flexibility index (Phi) is 3.54. The second-order valence-corrected chi connectivity index (χ2v) is 2.61. The van der Waals surface area contributed by atoms with Gasteiger partial charge < -0.3 is 4.74 Å². The lowest BCUT2D eigenvalue weighted by molar-refractivity contribution is 0.0276. The standard InChI is InChI=1S/C9H13NO3/c1-2-7-13-9-6-4-3-5-8(9)10(11)12/h3-6,11-12H,2,7H2,1H3. The van der Waals surface area contributed by atoms with E-state index in [0.29, 0.717) is 12.4 Å². The van der Waals surface area contributed by atoms with E-state index in [-0.39, 0.29) is 10.9 Å². The molecule has 2 N–H and O–H groups in total. The normalized spacial score (nSPS) is 9.77. The van der Waals surface area contributed by atoms with Crippen LogP contribution in [0.3, 0.4) is 0 Å². The van der Waals surface area contributed by atoms with Crippen molar-refractivity contribution in [1.29, 1.82) is 0 Å². The molecule has 0 fully saturated rings. The van der Waals surface area contributed by atoms with E-state index < -0.39 is 0 Å². The van der Waals surface area contributed by atoms with Crippen LogP contribution >= 0.6 is 0 Å². The Balaban J connectivity index is 2.78. The first-order valence-electron chi connectivity index (χ1n) is 4.15. The predicted octanol–water partition coefficient (Wildman–Crippen LogP) is 2.06. The molecule has 0 aromatic heterocycles. The summed E-state index contributed by atoms with van der Waals surface area (Å²) in [6, 6.07) is 6.72. The van der Waals surface area contributed by atoms with Gasteiger partial charge in [-0.05, 0) is 18.6 Å². The fourth-order valence-electron chi connectivity index (χ4n) is 0.956. The third-order valence-corrected chi connectivity index (χ3v) is 1.54. The molecule has 0 bridgehead atoms. The number of rotatable bonds is 4. The van der Waals surface area contributed by atoms with Gasteiger partial charge in [0.05, 0.1) is 6.61 Å². The fourth-order valence-corrected chi connectivity index (χ4v) is 0.956. The molecule has 0 atom stereocenters. The molecular formula is C9H13NO3. The van der Waals surface area contributed by atoms with E-state index in [4.69, 9.17) is 15.2 Å². The Hall–Kier alpha value is -1.26. The Bertz CT molecular complexity index is 263. The minimum Gasteiger partial charge on any atom is -0.491 e. The lowest BCUT2D eigenvalue weighted by Crippen LogP contribution is -2.12. The maximum absolute atomic E-state index is 8.81. The fraction of sp³-hybridized carbons (Fsp3) is 0.333. The van der Waals surface area contributed by atoms with Gasteiger partial charge >= 0.3 is 0 Å². The molecule has 0 saturated heterocycles. The number of para-hydroxylation sites is 2. The van der Waals surface area contributed by atoms with Crippen molar-refractivity contribution in [3.8, 4) is 5.75 Å². The van der Waals surface area contributed by atoms with Gasteiger partial charge in [-0.1, -0.05) is 19.1 Å². The minimum absolute atomic E-state index is 0.0605.